The standard InChI is InChI=1S/C18H16O4/c19-17(20)11-15-5-1-3-13(9-15)7-8-14-4-2-6-16(10-14)12-18(21)22/h1-10H,11-12H2,(H,19,20)(H,21,22)/b8-7+. The second-order valence-electron chi connectivity index (χ2n) is 4.96. The molecule has 0 bridgehead atoms. The Morgan fingerprint density at radius 2 is 1.18 bits per heavy atom. The molecule has 2 rings (SSSR count). The molecule has 4 nitrogen and oxygen atoms in total. The van der Waals surface area contributed by atoms with Gasteiger partial charge in [-0.05, 0) is 22.3 Å². The second kappa shape index (κ2) is 7.22. The van der Waals surface area contributed by atoms with E-state index in [1.54, 1.807) is 12.1 Å². The maximum atomic E-state index is 10.7. The molecule has 2 N–H and O–H groups in total. The van der Waals surface area contributed by atoms with Crippen molar-refractivity contribution >= 4 is 24.1 Å². The molecule has 112 valence electrons. The highest BCUT2D eigenvalue weighted by atomic mass is 16.4. The van der Waals surface area contributed by atoms with Gasteiger partial charge in [0, 0.05) is 0 Å². The zero-order valence-electron chi connectivity index (χ0n) is 11.9. The van der Waals surface area contributed by atoms with Crippen molar-refractivity contribution in [3.05, 3.63) is 70.8 Å². The molecule has 0 aliphatic heterocycles. The Morgan fingerprint density at radius 1 is 0.773 bits per heavy atom. The fraction of sp³-hybridized carbons (Fsp3) is 0.111. The summed E-state index contributed by atoms with van der Waals surface area (Å²) < 4.78 is 0. The molecule has 0 unspecified atom stereocenters. The molecule has 0 radical (unpaired) electrons. The summed E-state index contributed by atoms with van der Waals surface area (Å²) in [7, 11) is 0. The number of hydrogen-bond donors (Lipinski definition) is 2. The molecule has 0 saturated heterocycles. The number of carboxylic acids is 2. The zero-order chi connectivity index (χ0) is 15.9. The van der Waals surface area contributed by atoms with Gasteiger partial charge in [-0.15, -0.1) is 0 Å². The normalized spacial score (nSPS) is 10.7. The summed E-state index contributed by atoms with van der Waals surface area (Å²) in [4.78, 5) is 21.4. The first-order valence-corrected chi connectivity index (χ1v) is 6.82. The van der Waals surface area contributed by atoms with Gasteiger partial charge in [-0.25, -0.2) is 0 Å². The maximum absolute atomic E-state index is 10.7. The average Bonchev–Trinajstić information content (AvgIpc) is 2.44. The van der Waals surface area contributed by atoms with Gasteiger partial charge < -0.3 is 10.2 Å². The topological polar surface area (TPSA) is 74.6 Å². The highest BCUT2D eigenvalue weighted by Gasteiger charge is 2.01. The highest BCUT2D eigenvalue weighted by Crippen LogP contribution is 2.13. The van der Waals surface area contributed by atoms with E-state index in [0.717, 1.165) is 22.3 Å². The largest absolute Gasteiger partial charge is 0.481 e. The van der Waals surface area contributed by atoms with Crippen molar-refractivity contribution in [2.45, 2.75) is 12.8 Å². The van der Waals surface area contributed by atoms with E-state index in [2.05, 4.69) is 0 Å². The number of rotatable bonds is 6. The summed E-state index contributed by atoms with van der Waals surface area (Å²) in [6, 6.07) is 14.6. The first kappa shape index (κ1) is 15.5. The third-order valence-corrected chi connectivity index (χ3v) is 3.08. The first-order chi connectivity index (χ1) is 10.5. The smallest absolute Gasteiger partial charge is 0.307 e. The van der Waals surface area contributed by atoms with E-state index in [9.17, 15) is 9.59 Å². The molecule has 0 spiro atoms. The Kier molecular flexibility index (Phi) is 5.09. The lowest BCUT2D eigenvalue weighted by Gasteiger charge is -2.01. The molecular formula is C18H16O4. The summed E-state index contributed by atoms with van der Waals surface area (Å²) in [6.07, 6.45) is 3.75. The SMILES string of the molecule is O=C(O)Cc1cccc(/C=C/c2cccc(CC(=O)O)c2)c1. The maximum Gasteiger partial charge on any atom is 0.307 e. The van der Waals surface area contributed by atoms with Gasteiger partial charge >= 0.3 is 11.9 Å². The average molecular weight is 296 g/mol. The van der Waals surface area contributed by atoms with Crippen LogP contribution in [0.1, 0.15) is 22.3 Å². The van der Waals surface area contributed by atoms with Crippen molar-refractivity contribution in [3.8, 4) is 0 Å². The minimum Gasteiger partial charge on any atom is -0.481 e. The molecule has 0 saturated carbocycles. The molecule has 0 aliphatic carbocycles. The summed E-state index contributed by atoms with van der Waals surface area (Å²) in [5.41, 5.74) is 3.30. The van der Waals surface area contributed by atoms with E-state index in [4.69, 9.17) is 10.2 Å². The van der Waals surface area contributed by atoms with Crippen LogP contribution < -0.4 is 0 Å². The fourth-order valence-electron chi connectivity index (χ4n) is 2.16. The van der Waals surface area contributed by atoms with Crippen LogP contribution in [0.2, 0.25) is 0 Å². The van der Waals surface area contributed by atoms with Crippen LogP contribution in [0.15, 0.2) is 48.5 Å². The molecule has 0 amide bonds. The summed E-state index contributed by atoms with van der Waals surface area (Å²) in [6.45, 7) is 0. The van der Waals surface area contributed by atoms with Gasteiger partial charge in [0.05, 0.1) is 12.8 Å². The summed E-state index contributed by atoms with van der Waals surface area (Å²) in [5.74, 6) is -1.72. The summed E-state index contributed by atoms with van der Waals surface area (Å²) in [5, 5.41) is 17.6. The van der Waals surface area contributed by atoms with Gasteiger partial charge in [0.25, 0.3) is 0 Å². The number of hydrogen-bond acceptors (Lipinski definition) is 2. The Balaban J connectivity index is 2.14. The molecule has 0 aromatic heterocycles. The number of aliphatic carboxylic acids is 2. The predicted molar refractivity (Wildman–Crippen MR) is 84.5 cm³/mol. The van der Waals surface area contributed by atoms with E-state index in [-0.39, 0.29) is 12.8 Å². The molecule has 0 atom stereocenters. The lowest BCUT2D eigenvalue weighted by atomic mass is 10.1. The number of carbonyl (C=O) groups is 2. The quantitative estimate of drug-likeness (QED) is 0.803. The second-order valence-corrected chi connectivity index (χ2v) is 4.96. The molecule has 2 aromatic rings. The van der Waals surface area contributed by atoms with Crippen LogP contribution in [-0.2, 0) is 22.4 Å². The van der Waals surface area contributed by atoms with Crippen LogP contribution in [0.4, 0.5) is 0 Å². The number of carboxylic acid groups (broad SMARTS) is 2. The van der Waals surface area contributed by atoms with Crippen molar-refractivity contribution in [1.82, 2.24) is 0 Å². The van der Waals surface area contributed by atoms with Crippen molar-refractivity contribution in [3.63, 3.8) is 0 Å². The van der Waals surface area contributed by atoms with E-state index in [0.29, 0.717) is 0 Å². The fourth-order valence-corrected chi connectivity index (χ4v) is 2.16. The van der Waals surface area contributed by atoms with Gasteiger partial charge in [-0.1, -0.05) is 60.7 Å². The van der Waals surface area contributed by atoms with Gasteiger partial charge in [-0.2, -0.15) is 0 Å². The molecule has 2 aromatic carbocycles. The van der Waals surface area contributed by atoms with Gasteiger partial charge in [-0.3, -0.25) is 9.59 Å². The van der Waals surface area contributed by atoms with Crippen molar-refractivity contribution in [2.24, 2.45) is 0 Å². The monoisotopic (exact) mass is 296 g/mol. The molecule has 4 heteroatoms. The summed E-state index contributed by atoms with van der Waals surface area (Å²) >= 11 is 0. The predicted octanol–water partition coefficient (Wildman–Crippen LogP) is 3.11. The van der Waals surface area contributed by atoms with E-state index in [1.165, 1.54) is 0 Å². The van der Waals surface area contributed by atoms with Crippen molar-refractivity contribution in [1.29, 1.82) is 0 Å². The van der Waals surface area contributed by atoms with Gasteiger partial charge in [0.1, 0.15) is 0 Å². The van der Waals surface area contributed by atoms with Crippen LogP contribution in [0.25, 0.3) is 12.2 Å². The van der Waals surface area contributed by atoms with Crippen LogP contribution in [-0.4, -0.2) is 22.2 Å². The van der Waals surface area contributed by atoms with E-state index in [1.807, 2.05) is 48.6 Å². The minimum atomic E-state index is -0.859. The minimum absolute atomic E-state index is 0.00419. The molecular weight excluding hydrogens is 280 g/mol. The van der Waals surface area contributed by atoms with Gasteiger partial charge in [0.2, 0.25) is 0 Å². The zero-order valence-corrected chi connectivity index (χ0v) is 11.9. The lowest BCUT2D eigenvalue weighted by Crippen LogP contribution is -1.99. The molecule has 22 heavy (non-hydrogen) atoms. The molecule has 0 aliphatic rings. The third kappa shape index (κ3) is 4.90. The third-order valence-electron chi connectivity index (χ3n) is 3.08. The highest BCUT2D eigenvalue weighted by molar-refractivity contribution is 5.74. The van der Waals surface area contributed by atoms with E-state index < -0.39 is 11.9 Å². The van der Waals surface area contributed by atoms with Crippen molar-refractivity contribution in [2.75, 3.05) is 0 Å². The number of benzene rings is 2. The van der Waals surface area contributed by atoms with Gasteiger partial charge in [0.15, 0.2) is 0 Å². The first-order valence-electron chi connectivity index (χ1n) is 6.82. The molecule has 0 fully saturated rings. The van der Waals surface area contributed by atoms with E-state index >= 15 is 0 Å². The van der Waals surface area contributed by atoms with Crippen LogP contribution in [0.3, 0.4) is 0 Å². The Morgan fingerprint density at radius 3 is 1.55 bits per heavy atom. The Bertz CT molecular complexity index is 655. The van der Waals surface area contributed by atoms with Crippen LogP contribution in [0.5, 0.6) is 0 Å². The van der Waals surface area contributed by atoms with Crippen LogP contribution in [0, 0.1) is 0 Å². The van der Waals surface area contributed by atoms with Crippen molar-refractivity contribution < 1.29 is 19.8 Å². The lowest BCUT2D eigenvalue weighted by molar-refractivity contribution is -0.137. The van der Waals surface area contributed by atoms with Crippen LogP contribution >= 0.6 is 0 Å². The Hall–Kier alpha value is -2.88. The Labute approximate surface area is 128 Å². The molecule has 0 heterocycles.